The molecule has 0 atom stereocenters. The van der Waals surface area contributed by atoms with Crippen LogP contribution in [0.5, 0.6) is 0 Å². The van der Waals surface area contributed by atoms with Gasteiger partial charge in [0.15, 0.2) is 6.29 Å². The molecule has 7 heteroatoms. The fourth-order valence-electron chi connectivity index (χ4n) is 2.75. The highest BCUT2D eigenvalue weighted by Gasteiger charge is 2.18. The molecule has 0 spiro atoms. The maximum Gasteiger partial charge on any atom is 0.255 e. The first-order valence-electron chi connectivity index (χ1n) is 8.99. The minimum Gasteiger partial charge on any atom is -0.321 e. The highest BCUT2D eigenvalue weighted by atomic mass is 16.1. The van der Waals surface area contributed by atoms with Crippen molar-refractivity contribution in [1.29, 1.82) is 0 Å². The third kappa shape index (κ3) is 4.38. The maximum absolute atomic E-state index is 12.9. The Labute approximate surface area is 169 Å². The number of rotatable bonds is 4. The van der Waals surface area contributed by atoms with Gasteiger partial charge in [-0.25, -0.2) is 4.68 Å². The zero-order valence-corrected chi connectivity index (χ0v) is 16.7. The van der Waals surface area contributed by atoms with Gasteiger partial charge in [-0.3, -0.25) is 14.6 Å². The van der Waals surface area contributed by atoms with Crippen LogP contribution in [0.15, 0.2) is 36.7 Å². The molecule has 0 aliphatic rings. The highest BCUT2D eigenvalue weighted by molar-refractivity contribution is 6.04. The summed E-state index contributed by atoms with van der Waals surface area (Å²) in [5.41, 5.74) is 3.92. The van der Waals surface area contributed by atoms with Gasteiger partial charge < -0.3 is 5.32 Å². The molecule has 0 saturated heterocycles. The number of aromatic nitrogens is 4. The van der Waals surface area contributed by atoms with Gasteiger partial charge in [-0.15, -0.1) is 11.5 Å². The monoisotopic (exact) mass is 387 g/mol. The number of hydrogen-bond donors (Lipinski definition) is 1. The van der Waals surface area contributed by atoms with Crippen LogP contribution in [0.25, 0.3) is 5.69 Å². The first-order chi connectivity index (χ1) is 13.7. The molecule has 0 unspecified atom stereocenters. The molecule has 0 aliphatic carbocycles. The molecule has 0 saturated carbocycles. The van der Waals surface area contributed by atoms with Gasteiger partial charge in [-0.1, -0.05) is 31.9 Å². The number of carbonyl (C=O) groups excluding carboxylic acids is 2. The number of carbonyl (C=O) groups is 2. The van der Waals surface area contributed by atoms with Crippen molar-refractivity contribution >= 4 is 17.9 Å². The van der Waals surface area contributed by atoms with Gasteiger partial charge in [-0.05, 0) is 42.2 Å². The average molecular weight is 387 g/mol. The van der Waals surface area contributed by atoms with E-state index < -0.39 is 0 Å². The number of pyridine rings is 1. The van der Waals surface area contributed by atoms with E-state index in [2.05, 4.69) is 47.3 Å². The number of hydrogen-bond acceptors (Lipinski definition) is 5. The maximum atomic E-state index is 12.9. The second kappa shape index (κ2) is 7.68. The molecule has 0 fully saturated rings. The fraction of sp³-hybridized carbons (Fsp3) is 0.227. The van der Waals surface area contributed by atoms with Crippen molar-refractivity contribution in [2.24, 2.45) is 0 Å². The Morgan fingerprint density at radius 3 is 2.62 bits per heavy atom. The van der Waals surface area contributed by atoms with E-state index in [4.69, 9.17) is 6.42 Å². The molecular weight excluding hydrogens is 366 g/mol. The summed E-state index contributed by atoms with van der Waals surface area (Å²) in [4.78, 5) is 28.0. The van der Waals surface area contributed by atoms with Gasteiger partial charge in [0.1, 0.15) is 5.69 Å². The lowest BCUT2D eigenvalue weighted by Crippen LogP contribution is -2.17. The topological polar surface area (TPSA) is 89.8 Å². The van der Waals surface area contributed by atoms with Crippen molar-refractivity contribution in [2.75, 3.05) is 5.32 Å². The normalized spacial score (nSPS) is 11.0. The van der Waals surface area contributed by atoms with E-state index >= 15 is 0 Å². The van der Waals surface area contributed by atoms with E-state index in [-0.39, 0.29) is 17.0 Å². The van der Waals surface area contributed by atoms with Crippen LogP contribution >= 0.6 is 0 Å². The van der Waals surface area contributed by atoms with E-state index in [0.29, 0.717) is 34.5 Å². The van der Waals surface area contributed by atoms with Crippen molar-refractivity contribution in [3.05, 3.63) is 64.7 Å². The van der Waals surface area contributed by atoms with Crippen LogP contribution < -0.4 is 5.32 Å². The molecule has 29 heavy (non-hydrogen) atoms. The summed E-state index contributed by atoms with van der Waals surface area (Å²) in [5, 5.41) is 10.5. The van der Waals surface area contributed by atoms with E-state index in [0.717, 1.165) is 5.56 Å². The van der Waals surface area contributed by atoms with Gasteiger partial charge in [0.2, 0.25) is 0 Å². The van der Waals surface area contributed by atoms with E-state index in [9.17, 15) is 9.59 Å². The van der Waals surface area contributed by atoms with E-state index in [1.807, 2.05) is 12.1 Å². The Morgan fingerprint density at radius 1 is 1.24 bits per heavy atom. The van der Waals surface area contributed by atoms with Crippen LogP contribution in [0.4, 0.5) is 5.69 Å². The van der Waals surface area contributed by atoms with Crippen molar-refractivity contribution in [2.45, 2.75) is 33.1 Å². The quantitative estimate of drug-likeness (QED) is 0.548. The van der Waals surface area contributed by atoms with E-state index in [1.54, 1.807) is 25.3 Å². The van der Waals surface area contributed by atoms with Crippen LogP contribution in [-0.4, -0.2) is 32.2 Å². The number of amides is 1. The summed E-state index contributed by atoms with van der Waals surface area (Å²) in [6.45, 7) is 7.99. The molecule has 1 amide bonds. The van der Waals surface area contributed by atoms with Gasteiger partial charge >= 0.3 is 0 Å². The summed E-state index contributed by atoms with van der Waals surface area (Å²) in [6.07, 6.45) is 9.23. The Bertz CT molecular complexity index is 1130. The number of nitrogens with zero attached hydrogens (tertiary/aromatic N) is 4. The van der Waals surface area contributed by atoms with Crippen LogP contribution in [0, 0.1) is 19.3 Å². The molecule has 2 aromatic heterocycles. The highest BCUT2D eigenvalue weighted by Crippen LogP contribution is 2.25. The standard InChI is InChI=1S/C22H21N5O2/c1-6-15-7-16(9-17(8-15)22(3,4)5)21(29)24-18-10-20(14(2)23-11-18)27-12-19(13-28)25-26-27/h1,7-13H,2-5H3,(H,24,29). The van der Waals surface area contributed by atoms with Crippen LogP contribution in [-0.2, 0) is 5.41 Å². The lowest BCUT2D eigenvalue weighted by Gasteiger charge is -2.20. The van der Waals surface area contributed by atoms with Gasteiger partial charge in [0, 0.05) is 11.1 Å². The minimum atomic E-state index is -0.295. The number of benzene rings is 1. The Balaban J connectivity index is 1.93. The molecule has 0 bridgehead atoms. The number of terminal acetylenes is 1. The van der Waals surface area contributed by atoms with Crippen molar-refractivity contribution < 1.29 is 9.59 Å². The molecule has 3 aromatic rings. The third-order valence-corrected chi connectivity index (χ3v) is 4.42. The zero-order valence-electron chi connectivity index (χ0n) is 16.7. The SMILES string of the molecule is C#Cc1cc(C(=O)Nc2cnc(C)c(-n3cc(C=O)nn3)c2)cc(C(C)(C)C)c1. The molecule has 7 nitrogen and oxygen atoms in total. The Kier molecular flexibility index (Phi) is 5.29. The Morgan fingerprint density at radius 2 is 2.00 bits per heavy atom. The molecule has 0 aliphatic heterocycles. The molecule has 0 radical (unpaired) electrons. The fourth-order valence-corrected chi connectivity index (χ4v) is 2.75. The number of nitrogens with one attached hydrogen (secondary N) is 1. The smallest absolute Gasteiger partial charge is 0.255 e. The lowest BCUT2D eigenvalue weighted by atomic mass is 9.85. The molecule has 1 aromatic carbocycles. The minimum absolute atomic E-state index is 0.149. The molecule has 3 rings (SSSR count). The summed E-state index contributed by atoms with van der Waals surface area (Å²) < 4.78 is 1.44. The first kappa shape index (κ1) is 20.0. The van der Waals surface area contributed by atoms with E-state index in [1.165, 1.54) is 10.9 Å². The molecule has 1 N–H and O–H groups in total. The van der Waals surface area contributed by atoms with Crippen molar-refractivity contribution in [1.82, 2.24) is 20.0 Å². The number of anilines is 1. The molecule has 146 valence electrons. The first-order valence-corrected chi connectivity index (χ1v) is 8.99. The van der Waals surface area contributed by atoms with Crippen LogP contribution in [0.2, 0.25) is 0 Å². The summed E-state index contributed by atoms with van der Waals surface area (Å²) >= 11 is 0. The summed E-state index contributed by atoms with van der Waals surface area (Å²) in [5.74, 6) is 2.31. The van der Waals surface area contributed by atoms with Crippen molar-refractivity contribution in [3.8, 4) is 18.0 Å². The Hall–Kier alpha value is -3.79. The van der Waals surface area contributed by atoms with Gasteiger partial charge in [0.25, 0.3) is 5.91 Å². The zero-order chi connectivity index (χ0) is 21.2. The van der Waals surface area contributed by atoms with Crippen LogP contribution in [0.1, 0.15) is 58.4 Å². The largest absolute Gasteiger partial charge is 0.321 e. The lowest BCUT2D eigenvalue weighted by molar-refractivity contribution is 0.102. The van der Waals surface area contributed by atoms with Gasteiger partial charge in [-0.2, -0.15) is 0 Å². The molecule has 2 heterocycles. The summed E-state index contributed by atoms with van der Waals surface area (Å²) in [7, 11) is 0. The number of aryl methyl sites for hydroxylation is 1. The van der Waals surface area contributed by atoms with Crippen LogP contribution in [0.3, 0.4) is 0 Å². The predicted octanol–water partition coefficient (Wildman–Crippen LogP) is 3.31. The summed E-state index contributed by atoms with van der Waals surface area (Å²) in [6, 6.07) is 7.16. The third-order valence-electron chi connectivity index (χ3n) is 4.42. The predicted molar refractivity (Wildman–Crippen MR) is 110 cm³/mol. The second-order valence-corrected chi connectivity index (χ2v) is 7.68. The van der Waals surface area contributed by atoms with Crippen molar-refractivity contribution in [3.63, 3.8) is 0 Å². The number of aldehydes is 1. The average Bonchev–Trinajstić information content (AvgIpc) is 3.17. The molecular formula is C22H21N5O2. The van der Waals surface area contributed by atoms with Gasteiger partial charge in [0.05, 0.1) is 29.5 Å². The second-order valence-electron chi connectivity index (χ2n) is 7.68.